The van der Waals surface area contributed by atoms with Crippen molar-refractivity contribution in [3.63, 3.8) is 0 Å². The number of thiophene rings is 1. The van der Waals surface area contributed by atoms with E-state index in [0.29, 0.717) is 12.2 Å². The first kappa shape index (κ1) is 10.8. The van der Waals surface area contributed by atoms with Gasteiger partial charge in [-0.05, 0) is 17.9 Å². The maximum absolute atomic E-state index is 11.6. The van der Waals surface area contributed by atoms with Crippen molar-refractivity contribution in [1.82, 2.24) is 15.3 Å². The zero-order chi connectivity index (χ0) is 11.2. The van der Waals surface area contributed by atoms with E-state index in [1.165, 1.54) is 17.3 Å². The topological polar surface area (TPSA) is 54.9 Å². The highest BCUT2D eigenvalue weighted by Gasteiger charge is 2.05. The summed E-state index contributed by atoms with van der Waals surface area (Å²) in [4.78, 5) is 20.6. The first-order valence-electron chi connectivity index (χ1n) is 4.93. The van der Waals surface area contributed by atoms with Crippen LogP contribution < -0.4 is 5.32 Å². The van der Waals surface area contributed by atoms with Crippen molar-refractivity contribution in [1.29, 1.82) is 0 Å². The third kappa shape index (κ3) is 2.87. The van der Waals surface area contributed by atoms with Crippen LogP contribution in [0, 0.1) is 0 Å². The third-order valence-corrected chi connectivity index (χ3v) is 2.97. The SMILES string of the molecule is O=C(NCCc1cccs1)c1cnccn1. The quantitative estimate of drug-likeness (QED) is 0.871. The van der Waals surface area contributed by atoms with Crippen LogP contribution in [-0.4, -0.2) is 22.4 Å². The predicted molar refractivity (Wildman–Crippen MR) is 62.4 cm³/mol. The molecule has 0 atom stereocenters. The van der Waals surface area contributed by atoms with Gasteiger partial charge in [-0.25, -0.2) is 4.98 Å². The Bertz CT molecular complexity index is 442. The standard InChI is InChI=1S/C11H11N3OS/c15-11(10-8-12-5-6-13-10)14-4-3-9-2-1-7-16-9/h1-2,5-8H,3-4H2,(H,14,15). The number of nitrogens with zero attached hydrogens (tertiary/aromatic N) is 2. The van der Waals surface area contributed by atoms with Gasteiger partial charge in [0.25, 0.3) is 5.91 Å². The lowest BCUT2D eigenvalue weighted by molar-refractivity contribution is 0.0949. The molecule has 82 valence electrons. The van der Waals surface area contributed by atoms with Crippen molar-refractivity contribution >= 4 is 17.2 Å². The molecule has 0 aromatic carbocycles. The number of hydrogen-bond acceptors (Lipinski definition) is 4. The molecule has 1 amide bonds. The molecule has 0 aliphatic heterocycles. The van der Waals surface area contributed by atoms with E-state index in [1.54, 1.807) is 17.5 Å². The van der Waals surface area contributed by atoms with E-state index in [1.807, 2.05) is 11.4 Å². The van der Waals surface area contributed by atoms with Gasteiger partial charge in [0.05, 0.1) is 6.20 Å². The lowest BCUT2D eigenvalue weighted by atomic mass is 10.3. The van der Waals surface area contributed by atoms with Crippen LogP contribution in [0.5, 0.6) is 0 Å². The van der Waals surface area contributed by atoms with E-state index in [0.717, 1.165) is 6.42 Å². The summed E-state index contributed by atoms with van der Waals surface area (Å²) in [5.74, 6) is -0.176. The molecule has 0 unspecified atom stereocenters. The van der Waals surface area contributed by atoms with E-state index in [-0.39, 0.29) is 5.91 Å². The average molecular weight is 233 g/mol. The minimum atomic E-state index is -0.176. The predicted octanol–water partition coefficient (Wildman–Crippen LogP) is 1.51. The normalized spacial score (nSPS) is 10.0. The molecule has 4 nitrogen and oxygen atoms in total. The molecule has 0 saturated carbocycles. The number of aromatic nitrogens is 2. The molecule has 0 fully saturated rings. The fourth-order valence-electron chi connectivity index (χ4n) is 1.26. The molecule has 2 rings (SSSR count). The maximum atomic E-state index is 11.6. The van der Waals surface area contributed by atoms with Gasteiger partial charge in [-0.15, -0.1) is 11.3 Å². The number of carbonyl (C=O) groups is 1. The molecule has 0 radical (unpaired) electrons. The van der Waals surface area contributed by atoms with Gasteiger partial charge in [0.15, 0.2) is 0 Å². The second-order valence-corrected chi connectivity index (χ2v) is 4.21. The van der Waals surface area contributed by atoms with E-state index in [9.17, 15) is 4.79 Å². The Hall–Kier alpha value is -1.75. The summed E-state index contributed by atoms with van der Waals surface area (Å²) in [7, 11) is 0. The molecule has 2 heterocycles. The zero-order valence-electron chi connectivity index (χ0n) is 8.59. The highest BCUT2D eigenvalue weighted by atomic mass is 32.1. The Morgan fingerprint density at radius 3 is 3.06 bits per heavy atom. The minimum Gasteiger partial charge on any atom is -0.350 e. The monoisotopic (exact) mass is 233 g/mol. The fraction of sp³-hybridized carbons (Fsp3) is 0.182. The van der Waals surface area contributed by atoms with Crippen molar-refractivity contribution in [2.75, 3.05) is 6.54 Å². The minimum absolute atomic E-state index is 0.176. The first-order chi connectivity index (χ1) is 7.86. The molecule has 0 aliphatic rings. The number of nitrogens with one attached hydrogen (secondary N) is 1. The summed E-state index contributed by atoms with van der Waals surface area (Å²) in [6, 6.07) is 4.06. The Morgan fingerprint density at radius 1 is 1.44 bits per heavy atom. The number of carbonyl (C=O) groups excluding carboxylic acids is 1. The lowest BCUT2D eigenvalue weighted by Gasteiger charge is -2.02. The van der Waals surface area contributed by atoms with Crippen molar-refractivity contribution < 1.29 is 4.79 Å². The van der Waals surface area contributed by atoms with Crippen LogP contribution in [0.25, 0.3) is 0 Å². The Kier molecular flexibility index (Phi) is 3.61. The van der Waals surface area contributed by atoms with Gasteiger partial charge < -0.3 is 5.32 Å². The number of hydrogen-bond donors (Lipinski definition) is 1. The number of rotatable bonds is 4. The van der Waals surface area contributed by atoms with Crippen LogP contribution in [0.2, 0.25) is 0 Å². The molecule has 0 saturated heterocycles. The van der Waals surface area contributed by atoms with Gasteiger partial charge >= 0.3 is 0 Å². The molecule has 2 aromatic heterocycles. The molecule has 0 spiro atoms. The fourth-order valence-corrected chi connectivity index (χ4v) is 1.97. The van der Waals surface area contributed by atoms with Crippen LogP contribution in [0.15, 0.2) is 36.1 Å². The maximum Gasteiger partial charge on any atom is 0.271 e. The summed E-state index contributed by atoms with van der Waals surface area (Å²) in [6.45, 7) is 0.621. The Morgan fingerprint density at radius 2 is 2.38 bits per heavy atom. The van der Waals surface area contributed by atoms with E-state index in [4.69, 9.17) is 0 Å². The molecular weight excluding hydrogens is 222 g/mol. The van der Waals surface area contributed by atoms with Gasteiger partial charge in [0.2, 0.25) is 0 Å². The second-order valence-electron chi connectivity index (χ2n) is 3.18. The van der Waals surface area contributed by atoms with Gasteiger partial charge in [-0.3, -0.25) is 9.78 Å². The highest BCUT2D eigenvalue weighted by Crippen LogP contribution is 2.08. The van der Waals surface area contributed by atoms with E-state index in [2.05, 4.69) is 21.4 Å². The summed E-state index contributed by atoms with van der Waals surface area (Å²) < 4.78 is 0. The van der Waals surface area contributed by atoms with Gasteiger partial charge in [0, 0.05) is 23.8 Å². The van der Waals surface area contributed by atoms with Gasteiger partial charge in [0.1, 0.15) is 5.69 Å². The molecule has 5 heteroatoms. The Labute approximate surface area is 97.4 Å². The molecule has 0 bridgehead atoms. The van der Waals surface area contributed by atoms with Crippen molar-refractivity contribution in [3.05, 3.63) is 46.7 Å². The summed E-state index contributed by atoms with van der Waals surface area (Å²) in [5, 5.41) is 4.83. The van der Waals surface area contributed by atoms with Crippen molar-refractivity contribution in [2.45, 2.75) is 6.42 Å². The number of amides is 1. The third-order valence-electron chi connectivity index (χ3n) is 2.03. The van der Waals surface area contributed by atoms with Crippen LogP contribution in [0.3, 0.4) is 0 Å². The summed E-state index contributed by atoms with van der Waals surface area (Å²) in [6.07, 6.45) is 5.36. The molecule has 16 heavy (non-hydrogen) atoms. The largest absolute Gasteiger partial charge is 0.350 e. The van der Waals surface area contributed by atoms with E-state index < -0.39 is 0 Å². The highest BCUT2D eigenvalue weighted by molar-refractivity contribution is 7.09. The van der Waals surface area contributed by atoms with Crippen LogP contribution in [-0.2, 0) is 6.42 Å². The molecule has 1 N–H and O–H groups in total. The second kappa shape index (κ2) is 5.37. The van der Waals surface area contributed by atoms with Crippen LogP contribution in [0.1, 0.15) is 15.4 Å². The first-order valence-corrected chi connectivity index (χ1v) is 5.81. The van der Waals surface area contributed by atoms with Crippen molar-refractivity contribution in [3.8, 4) is 0 Å². The zero-order valence-corrected chi connectivity index (χ0v) is 9.41. The van der Waals surface area contributed by atoms with Gasteiger partial charge in [-0.2, -0.15) is 0 Å². The smallest absolute Gasteiger partial charge is 0.271 e. The summed E-state index contributed by atoms with van der Waals surface area (Å²) >= 11 is 1.69. The molecule has 2 aromatic rings. The summed E-state index contributed by atoms with van der Waals surface area (Å²) in [5.41, 5.74) is 0.355. The van der Waals surface area contributed by atoms with Gasteiger partial charge in [-0.1, -0.05) is 6.07 Å². The van der Waals surface area contributed by atoms with Crippen LogP contribution >= 0.6 is 11.3 Å². The Balaban J connectivity index is 1.81. The van der Waals surface area contributed by atoms with Crippen LogP contribution in [0.4, 0.5) is 0 Å². The molecular formula is C11H11N3OS. The van der Waals surface area contributed by atoms with E-state index >= 15 is 0 Å². The molecule has 0 aliphatic carbocycles. The average Bonchev–Trinajstić information content (AvgIpc) is 2.83. The van der Waals surface area contributed by atoms with Crippen molar-refractivity contribution in [2.24, 2.45) is 0 Å². The lowest BCUT2D eigenvalue weighted by Crippen LogP contribution is -2.26.